The van der Waals surface area contributed by atoms with Crippen LogP contribution in [0.4, 0.5) is 4.39 Å². The Balaban J connectivity index is 1.62. The lowest BCUT2D eigenvalue weighted by atomic mass is 10.1. The number of hydrogen-bond donors (Lipinski definition) is 0. The van der Waals surface area contributed by atoms with Gasteiger partial charge in [0.25, 0.3) is 5.91 Å². The monoisotopic (exact) mass is 503 g/mol. The van der Waals surface area contributed by atoms with Gasteiger partial charge in [0, 0.05) is 24.5 Å². The molecule has 1 aromatic carbocycles. The SMILES string of the molecule is COC(=O)C1CCCN1C(=O)c1ccc(OC(c2ccc(Cl)cn2)c2ncccc2Cl)c(F)c1. The second-order valence-corrected chi connectivity index (χ2v) is 8.44. The van der Waals surface area contributed by atoms with Gasteiger partial charge < -0.3 is 14.4 Å². The van der Waals surface area contributed by atoms with Crippen molar-refractivity contribution >= 4 is 35.1 Å². The lowest BCUT2D eigenvalue weighted by molar-refractivity contribution is -0.145. The average molecular weight is 504 g/mol. The van der Waals surface area contributed by atoms with Crippen molar-refractivity contribution in [1.82, 2.24) is 14.9 Å². The van der Waals surface area contributed by atoms with Gasteiger partial charge >= 0.3 is 5.97 Å². The third-order valence-electron chi connectivity index (χ3n) is 5.46. The Labute approximate surface area is 205 Å². The Morgan fingerprint density at radius 3 is 2.68 bits per heavy atom. The van der Waals surface area contributed by atoms with E-state index in [-0.39, 0.29) is 11.3 Å². The summed E-state index contributed by atoms with van der Waals surface area (Å²) >= 11 is 12.3. The van der Waals surface area contributed by atoms with Gasteiger partial charge in [0.2, 0.25) is 0 Å². The van der Waals surface area contributed by atoms with E-state index in [9.17, 15) is 9.59 Å². The summed E-state index contributed by atoms with van der Waals surface area (Å²) in [7, 11) is 1.27. The molecule has 7 nitrogen and oxygen atoms in total. The molecule has 4 rings (SSSR count). The summed E-state index contributed by atoms with van der Waals surface area (Å²) in [6, 6.07) is 9.77. The van der Waals surface area contributed by atoms with Crippen LogP contribution in [0.5, 0.6) is 5.75 Å². The normalized spacial score (nSPS) is 16.2. The van der Waals surface area contributed by atoms with Crippen LogP contribution in [0, 0.1) is 5.82 Å². The number of pyridine rings is 2. The van der Waals surface area contributed by atoms with E-state index in [2.05, 4.69) is 9.97 Å². The van der Waals surface area contributed by atoms with Gasteiger partial charge in [0.05, 0.1) is 22.8 Å². The Bertz CT molecular complexity index is 1210. The Kier molecular flexibility index (Phi) is 7.29. The number of ether oxygens (including phenoxy) is 2. The van der Waals surface area contributed by atoms with Crippen LogP contribution in [0.15, 0.2) is 54.9 Å². The number of nitrogens with zero attached hydrogens (tertiary/aromatic N) is 3. The summed E-state index contributed by atoms with van der Waals surface area (Å²) in [6.45, 7) is 0.390. The maximum Gasteiger partial charge on any atom is 0.328 e. The summed E-state index contributed by atoms with van der Waals surface area (Å²) in [5.74, 6) is -1.82. The maximum atomic E-state index is 15.1. The van der Waals surface area contributed by atoms with Gasteiger partial charge in [-0.15, -0.1) is 0 Å². The van der Waals surface area contributed by atoms with Crippen molar-refractivity contribution < 1.29 is 23.5 Å². The van der Waals surface area contributed by atoms with Gasteiger partial charge in [-0.1, -0.05) is 23.2 Å². The molecule has 1 saturated heterocycles. The maximum absolute atomic E-state index is 15.1. The smallest absolute Gasteiger partial charge is 0.328 e. The standard InChI is InChI=1S/C24H20Cl2FN3O4/c1-33-24(32)19-5-3-11-30(19)23(31)14-6-9-20(17(27)12-14)34-22(18-8-7-15(25)13-29-18)21-16(26)4-2-10-28-21/h2,4,6-10,12-13,19,22H,3,5,11H2,1H3. The van der Waals surface area contributed by atoms with E-state index >= 15 is 4.39 Å². The van der Waals surface area contributed by atoms with Gasteiger partial charge in [0.15, 0.2) is 17.7 Å². The Morgan fingerprint density at radius 1 is 1.18 bits per heavy atom. The molecule has 0 bridgehead atoms. The topological polar surface area (TPSA) is 81.6 Å². The van der Waals surface area contributed by atoms with Crippen molar-refractivity contribution in [2.45, 2.75) is 25.0 Å². The molecule has 176 valence electrons. The van der Waals surface area contributed by atoms with Crippen LogP contribution in [0.3, 0.4) is 0 Å². The minimum atomic E-state index is -0.927. The highest BCUT2D eigenvalue weighted by Gasteiger charge is 2.35. The summed E-state index contributed by atoms with van der Waals surface area (Å²) in [4.78, 5) is 34.9. The first-order chi connectivity index (χ1) is 16.4. The molecule has 3 aromatic rings. The number of methoxy groups -OCH3 is 1. The predicted molar refractivity (Wildman–Crippen MR) is 123 cm³/mol. The molecule has 0 N–H and O–H groups in total. The largest absolute Gasteiger partial charge is 0.475 e. The Hall–Kier alpha value is -3.23. The van der Waals surface area contributed by atoms with Crippen molar-refractivity contribution in [3.05, 3.63) is 87.7 Å². The first kappa shape index (κ1) is 23.9. The molecule has 2 atom stereocenters. The highest BCUT2D eigenvalue weighted by Crippen LogP contribution is 2.33. The summed E-state index contributed by atoms with van der Waals surface area (Å²) in [6.07, 6.45) is 3.22. The molecule has 1 amide bonds. The third kappa shape index (κ3) is 4.98. The van der Waals surface area contributed by atoms with Crippen LogP contribution < -0.4 is 4.74 Å². The van der Waals surface area contributed by atoms with E-state index in [1.165, 1.54) is 30.3 Å². The minimum Gasteiger partial charge on any atom is -0.475 e. The van der Waals surface area contributed by atoms with Crippen LogP contribution >= 0.6 is 23.2 Å². The number of rotatable bonds is 6. The third-order valence-corrected chi connectivity index (χ3v) is 6.01. The molecule has 3 heterocycles. The summed E-state index contributed by atoms with van der Waals surface area (Å²) in [5.41, 5.74) is 0.858. The molecule has 1 fully saturated rings. The zero-order chi connectivity index (χ0) is 24.2. The average Bonchev–Trinajstić information content (AvgIpc) is 3.33. The fourth-order valence-corrected chi connectivity index (χ4v) is 4.13. The summed E-state index contributed by atoms with van der Waals surface area (Å²) in [5, 5.41) is 0.746. The number of carbonyl (C=O) groups excluding carboxylic acids is 2. The zero-order valence-corrected chi connectivity index (χ0v) is 19.6. The molecule has 0 saturated carbocycles. The molecule has 34 heavy (non-hydrogen) atoms. The molecule has 0 aliphatic carbocycles. The number of benzene rings is 1. The van der Waals surface area contributed by atoms with Crippen LogP contribution in [0.2, 0.25) is 10.0 Å². The molecule has 1 aliphatic heterocycles. The van der Waals surface area contributed by atoms with E-state index in [4.69, 9.17) is 32.7 Å². The first-order valence-electron chi connectivity index (χ1n) is 10.5. The number of carbonyl (C=O) groups is 2. The number of amides is 1. The number of halogens is 3. The second kappa shape index (κ2) is 10.4. The molecule has 2 aromatic heterocycles. The molecule has 0 radical (unpaired) electrons. The van der Waals surface area contributed by atoms with Crippen molar-refractivity contribution in [2.75, 3.05) is 13.7 Å². The molecule has 10 heteroatoms. The van der Waals surface area contributed by atoms with Gasteiger partial charge in [-0.3, -0.25) is 14.8 Å². The summed E-state index contributed by atoms with van der Waals surface area (Å²) < 4.78 is 25.8. The molecular formula is C24H20Cl2FN3O4. The second-order valence-electron chi connectivity index (χ2n) is 7.59. The molecular weight excluding hydrogens is 484 g/mol. The van der Waals surface area contributed by atoms with E-state index < -0.39 is 29.8 Å². The number of esters is 1. The van der Waals surface area contributed by atoms with Crippen LogP contribution in [0.1, 0.15) is 40.7 Å². The van der Waals surface area contributed by atoms with Crippen LogP contribution in [-0.4, -0.2) is 46.4 Å². The highest BCUT2D eigenvalue weighted by atomic mass is 35.5. The van der Waals surface area contributed by atoms with Crippen molar-refractivity contribution in [3.8, 4) is 5.75 Å². The van der Waals surface area contributed by atoms with Gasteiger partial charge in [-0.2, -0.15) is 0 Å². The van der Waals surface area contributed by atoms with E-state index in [0.717, 1.165) is 6.07 Å². The number of likely N-dealkylation sites (tertiary alicyclic amines) is 1. The van der Waals surface area contributed by atoms with Crippen molar-refractivity contribution in [1.29, 1.82) is 0 Å². The number of aromatic nitrogens is 2. The fraction of sp³-hybridized carbons (Fsp3) is 0.250. The van der Waals surface area contributed by atoms with Gasteiger partial charge in [-0.25, -0.2) is 9.18 Å². The predicted octanol–water partition coefficient (Wildman–Crippen LogP) is 4.87. The quantitative estimate of drug-likeness (QED) is 0.446. The van der Waals surface area contributed by atoms with E-state index in [1.807, 2.05) is 0 Å². The lowest BCUT2D eigenvalue weighted by Crippen LogP contribution is -2.41. The van der Waals surface area contributed by atoms with Gasteiger partial charge in [-0.05, 0) is 55.3 Å². The minimum absolute atomic E-state index is 0.0951. The molecule has 2 unspecified atom stereocenters. The fourth-order valence-electron chi connectivity index (χ4n) is 3.80. The molecule has 1 aliphatic rings. The number of hydrogen-bond acceptors (Lipinski definition) is 6. The van der Waals surface area contributed by atoms with Crippen LogP contribution in [0.25, 0.3) is 0 Å². The van der Waals surface area contributed by atoms with Crippen molar-refractivity contribution in [2.24, 2.45) is 0 Å². The lowest BCUT2D eigenvalue weighted by Gasteiger charge is -2.23. The first-order valence-corrected chi connectivity index (χ1v) is 11.2. The molecule has 0 spiro atoms. The zero-order valence-electron chi connectivity index (χ0n) is 18.1. The van der Waals surface area contributed by atoms with Crippen LogP contribution in [-0.2, 0) is 9.53 Å². The van der Waals surface area contributed by atoms with E-state index in [1.54, 1.807) is 30.5 Å². The highest BCUT2D eigenvalue weighted by molar-refractivity contribution is 6.31. The van der Waals surface area contributed by atoms with E-state index in [0.29, 0.717) is 40.8 Å². The van der Waals surface area contributed by atoms with Gasteiger partial charge in [0.1, 0.15) is 11.7 Å². The Morgan fingerprint density at radius 2 is 2.00 bits per heavy atom. The van der Waals surface area contributed by atoms with Crippen molar-refractivity contribution in [3.63, 3.8) is 0 Å².